The molecular weight excluding hydrogens is 384 g/mol. The minimum Gasteiger partial charge on any atom is -0.493 e. The summed E-state index contributed by atoms with van der Waals surface area (Å²) in [6.07, 6.45) is 0.671. The molecule has 9 heteroatoms. The minimum absolute atomic E-state index is 0. The number of nitrogens with two attached hydrogens (primary N) is 1. The summed E-state index contributed by atoms with van der Waals surface area (Å²) >= 11 is 3.28. The number of ether oxygens (including phenoxy) is 2. The van der Waals surface area contributed by atoms with E-state index in [4.69, 9.17) is 15.2 Å². The minimum atomic E-state index is -3.59. The third kappa shape index (κ3) is 3.62. The fourth-order valence-corrected chi connectivity index (χ4v) is 4.65. The lowest BCUT2D eigenvalue weighted by Crippen LogP contribution is -2.32. The van der Waals surface area contributed by atoms with Crippen molar-refractivity contribution >= 4 is 38.4 Å². The molecule has 1 aliphatic rings. The Hall–Kier alpha value is -0.540. The van der Waals surface area contributed by atoms with Crippen LogP contribution < -0.4 is 15.2 Å². The summed E-state index contributed by atoms with van der Waals surface area (Å²) in [5, 5.41) is 0. The second kappa shape index (κ2) is 7.15. The standard InChI is InChI=1S/C12H17BrN2O4S.ClH/c1-18-10-5-9(13)12(6-11(10)19-2)20(16,17)15-4-3-8(14)7-15;/h5-6,8H,3-4,7,14H2,1-2H3;1H/t8-;/m0./s1. The molecule has 1 atom stereocenters. The van der Waals surface area contributed by atoms with Crippen LogP contribution in [0, 0.1) is 0 Å². The molecule has 2 N–H and O–H groups in total. The highest BCUT2D eigenvalue weighted by Crippen LogP contribution is 2.37. The molecule has 0 radical (unpaired) electrons. The van der Waals surface area contributed by atoms with Gasteiger partial charge in [0.2, 0.25) is 10.0 Å². The lowest BCUT2D eigenvalue weighted by Gasteiger charge is -2.18. The lowest BCUT2D eigenvalue weighted by atomic mass is 10.3. The monoisotopic (exact) mass is 400 g/mol. The molecule has 1 aliphatic heterocycles. The number of nitrogens with zero attached hydrogens (tertiary/aromatic N) is 1. The molecule has 0 aromatic heterocycles. The van der Waals surface area contributed by atoms with Gasteiger partial charge in [0.05, 0.1) is 14.2 Å². The Balaban J connectivity index is 0.00000220. The van der Waals surface area contributed by atoms with Crippen LogP contribution in [-0.2, 0) is 10.0 Å². The van der Waals surface area contributed by atoms with Gasteiger partial charge in [0.15, 0.2) is 11.5 Å². The number of hydrogen-bond donors (Lipinski definition) is 1. The van der Waals surface area contributed by atoms with Crippen LogP contribution in [0.15, 0.2) is 21.5 Å². The molecule has 1 heterocycles. The van der Waals surface area contributed by atoms with Crippen molar-refractivity contribution in [3.8, 4) is 11.5 Å². The van der Waals surface area contributed by atoms with Crippen molar-refractivity contribution in [2.24, 2.45) is 5.73 Å². The molecule has 0 amide bonds. The first-order valence-electron chi connectivity index (χ1n) is 6.07. The number of benzene rings is 1. The van der Waals surface area contributed by atoms with Crippen molar-refractivity contribution in [2.45, 2.75) is 17.4 Å². The summed E-state index contributed by atoms with van der Waals surface area (Å²) in [7, 11) is -0.625. The van der Waals surface area contributed by atoms with E-state index < -0.39 is 10.0 Å². The highest BCUT2D eigenvalue weighted by atomic mass is 79.9. The van der Waals surface area contributed by atoms with E-state index in [1.165, 1.54) is 24.6 Å². The van der Waals surface area contributed by atoms with Gasteiger partial charge < -0.3 is 15.2 Å². The Bertz CT molecular complexity index is 612. The van der Waals surface area contributed by atoms with E-state index in [0.29, 0.717) is 35.5 Å². The molecule has 1 aromatic carbocycles. The van der Waals surface area contributed by atoms with Crippen LogP contribution in [0.3, 0.4) is 0 Å². The maximum absolute atomic E-state index is 12.6. The van der Waals surface area contributed by atoms with Crippen LogP contribution in [0.1, 0.15) is 6.42 Å². The average molecular weight is 402 g/mol. The molecule has 21 heavy (non-hydrogen) atoms. The number of rotatable bonds is 4. The fraction of sp³-hybridized carbons (Fsp3) is 0.500. The highest BCUT2D eigenvalue weighted by Gasteiger charge is 2.33. The van der Waals surface area contributed by atoms with Crippen LogP contribution in [0.5, 0.6) is 11.5 Å². The molecule has 2 rings (SSSR count). The molecule has 0 aliphatic carbocycles. The third-order valence-corrected chi connectivity index (χ3v) is 6.07. The van der Waals surface area contributed by atoms with Gasteiger partial charge in [0.1, 0.15) is 4.90 Å². The number of methoxy groups -OCH3 is 2. The second-order valence-electron chi connectivity index (χ2n) is 4.55. The first-order chi connectivity index (χ1) is 9.40. The molecule has 6 nitrogen and oxygen atoms in total. The summed E-state index contributed by atoms with van der Waals surface area (Å²) in [6.45, 7) is 0.771. The van der Waals surface area contributed by atoms with Crippen molar-refractivity contribution in [2.75, 3.05) is 27.3 Å². The molecule has 0 unspecified atom stereocenters. The first kappa shape index (κ1) is 18.5. The Kier molecular flexibility index (Phi) is 6.30. The Morgan fingerprint density at radius 3 is 2.33 bits per heavy atom. The predicted molar refractivity (Wildman–Crippen MR) is 85.8 cm³/mol. The SMILES string of the molecule is COc1cc(Br)c(S(=O)(=O)N2CC[C@H](N)C2)cc1OC.Cl. The van der Waals surface area contributed by atoms with Gasteiger partial charge in [-0.1, -0.05) is 0 Å². The van der Waals surface area contributed by atoms with E-state index >= 15 is 0 Å². The van der Waals surface area contributed by atoms with Crippen molar-refractivity contribution < 1.29 is 17.9 Å². The van der Waals surface area contributed by atoms with E-state index in [2.05, 4.69) is 15.9 Å². The van der Waals surface area contributed by atoms with Crippen molar-refractivity contribution in [1.29, 1.82) is 0 Å². The van der Waals surface area contributed by atoms with Crippen molar-refractivity contribution in [3.63, 3.8) is 0 Å². The fourth-order valence-electron chi connectivity index (χ4n) is 2.14. The molecule has 1 saturated heterocycles. The Morgan fingerprint density at radius 2 is 1.86 bits per heavy atom. The zero-order valence-corrected chi connectivity index (χ0v) is 14.9. The van der Waals surface area contributed by atoms with E-state index in [1.54, 1.807) is 6.07 Å². The largest absolute Gasteiger partial charge is 0.493 e. The number of halogens is 2. The van der Waals surface area contributed by atoms with Gasteiger partial charge in [-0.3, -0.25) is 0 Å². The van der Waals surface area contributed by atoms with Crippen LogP contribution in [-0.4, -0.2) is 46.1 Å². The Morgan fingerprint density at radius 1 is 1.29 bits per heavy atom. The topological polar surface area (TPSA) is 81.9 Å². The molecule has 1 aromatic rings. The third-order valence-electron chi connectivity index (χ3n) is 3.24. The molecule has 0 bridgehead atoms. The van der Waals surface area contributed by atoms with Gasteiger partial charge in [-0.25, -0.2) is 8.42 Å². The predicted octanol–water partition coefficient (Wildman–Crippen LogP) is 1.61. The summed E-state index contributed by atoms with van der Waals surface area (Å²) in [5.41, 5.74) is 5.78. The maximum Gasteiger partial charge on any atom is 0.244 e. The van der Waals surface area contributed by atoms with Gasteiger partial charge in [-0.05, 0) is 28.4 Å². The highest BCUT2D eigenvalue weighted by molar-refractivity contribution is 9.10. The van der Waals surface area contributed by atoms with Crippen LogP contribution in [0.25, 0.3) is 0 Å². The van der Waals surface area contributed by atoms with Crippen LogP contribution >= 0.6 is 28.3 Å². The summed E-state index contributed by atoms with van der Waals surface area (Å²) in [5.74, 6) is 0.842. The van der Waals surface area contributed by atoms with Crippen molar-refractivity contribution in [3.05, 3.63) is 16.6 Å². The summed E-state index contributed by atoms with van der Waals surface area (Å²) < 4.78 is 37.4. The van der Waals surface area contributed by atoms with Gasteiger partial charge in [-0.2, -0.15) is 4.31 Å². The van der Waals surface area contributed by atoms with E-state index in [1.807, 2.05) is 0 Å². The van der Waals surface area contributed by atoms with Gasteiger partial charge in [-0.15, -0.1) is 12.4 Å². The lowest BCUT2D eigenvalue weighted by molar-refractivity contribution is 0.353. The zero-order chi connectivity index (χ0) is 14.9. The molecule has 0 spiro atoms. The Labute approximate surface area is 139 Å². The van der Waals surface area contributed by atoms with Crippen LogP contribution in [0.4, 0.5) is 0 Å². The van der Waals surface area contributed by atoms with E-state index in [-0.39, 0.29) is 23.3 Å². The van der Waals surface area contributed by atoms with E-state index in [9.17, 15) is 8.42 Å². The maximum atomic E-state index is 12.6. The number of hydrogen-bond acceptors (Lipinski definition) is 5. The van der Waals surface area contributed by atoms with Crippen LogP contribution in [0.2, 0.25) is 0 Å². The molecular formula is C12H18BrClN2O4S. The quantitative estimate of drug-likeness (QED) is 0.829. The summed E-state index contributed by atoms with van der Waals surface area (Å²) in [6, 6.07) is 2.94. The van der Waals surface area contributed by atoms with E-state index in [0.717, 1.165) is 0 Å². The smallest absolute Gasteiger partial charge is 0.244 e. The number of sulfonamides is 1. The summed E-state index contributed by atoms with van der Waals surface area (Å²) in [4.78, 5) is 0.157. The second-order valence-corrected chi connectivity index (χ2v) is 7.31. The molecule has 0 saturated carbocycles. The first-order valence-corrected chi connectivity index (χ1v) is 8.30. The van der Waals surface area contributed by atoms with Gasteiger partial charge >= 0.3 is 0 Å². The molecule has 120 valence electrons. The van der Waals surface area contributed by atoms with Crippen molar-refractivity contribution in [1.82, 2.24) is 4.31 Å². The van der Waals surface area contributed by atoms with Gasteiger partial charge in [0.25, 0.3) is 0 Å². The average Bonchev–Trinajstić information content (AvgIpc) is 2.85. The normalized spacial score (nSPS) is 19.1. The zero-order valence-electron chi connectivity index (χ0n) is 11.7. The van der Waals surface area contributed by atoms with Gasteiger partial charge in [0, 0.05) is 29.7 Å². The molecule has 1 fully saturated rings.